The van der Waals surface area contributed by atoms with Crippen LogP contribution in [0.3, 0.4) is 0 Å². The molecule has 0 amide bonds. The van der Waals surface area contributed by atoms with Crippen molar-refractivity contribution in [2.45, 2.75) is 0 Å². The number of nitrogens with one attached hydrogen (secondary N) is 1. The highest BCUT2D eigenvalue weighted by Gasteiger charge is 2.07. The number of fused-ring (bicyclic) bond motifs is 1. The van der Waals surface area contributed by atoms with Gasteiger partial charge in [-0.1, -0.05) is 23.7 Å². The van der Waals surface area contributed by atoms with E-state index in [0.29, 0.717) is 5.02 Å². The van der Waals surface area contributed by atoms with Crippen molar-refractivity contribution in [3.8, 4) is 10.7 Å². The molecule has 2 aromatic heterocycles. The smallest absolute Gasteiger partial charge is 0.148 e. The zero-order valence-corrected chi connectivity index (χ0v) is 9.27. The van der Waals surface area contributed by atoms with Gasteiger partial charge >= 0.3 is 0 Å². The van der Waals surface area contributed by atoms with Crippen molar-refractivity contribution in [1.29, 1.82) is 0 Å². The molecule has 74 valence electrons. The standard InChI is InChI=1S/C11H7ClN2S/c12-7-3-1-4-8-10(7)14-11(13-8)9-5-2-6-15-9/h1-6H,(H,13,14). The third-order valence-corrected chi connectivity index (χ3v) is 3.40. The number of aromatic nitrogens is 2. The molecule has 3 aromatic rings. The van der Waals surface area contributed by atoms with Crippen LogP contribution in [0.1, 0.15) is 0 Å². The van der Waals surface area contributed by atoms with Crippen molar-refractivity contribution in [2.24, 2.45) is 0 Å². The second-order valence-corrected chi connectivity index (χ2v) is 4.55. The number of hydrogen-bond acceptors (Lipinski definition) is 2. The summed E-state index contributed by atoms with van der Waals surface area (Å²) >= 11 is 7.71. The second kappa shape index (κ2) is 3.36. The maximum Gasteiger partial charge on any atom is 0.148 e. The van der Waals surface area contributed by atoms with Gasteiger partial charge in [-0.25, -0.2) is 4.98 Å². The number of benzene rings is 1. The normalized spacial score (nSPS) is 11.0. The Bertz CT molecular complexity index is 598. The van der Waals surface area contributed by atoms with Gasteiger partial charge in [0, 0.05) is 0 Å². The zero-order chi connectivity index (χ0) is 10.3. The SMILES string of the molecule is Clc1cccc2[nH]c(-c3cccs3)nc12. The van der Waals surface area contributed by atoms with Gasteiger partial charge in [0.05, 0.1) is 15.4 Å². The van der Waals surface area contributed by atoms with E-state index in [1.807, 2.05) is 35.7 Å². The molecule has 0 fully saturated rings. The fraction of sp³-hybridized carbons (Fsp3) is 0. The Balaban J connectivity index is 2.27. The third-order valence-electron chi connectivity index (χ3n) is 2.22. The van der Waals surface area contributed by atoms with Crippen molar-refractivity contribution in [2.75, 3.05) is 0 Å². The minimum absolute atomic E-state index is 0.687. The van der Waals surface area contributed by atoms with Crippen molar-refractivity contribution in [3.05, 3.63) is 40.7 Å². The highest BCUT2D eigenvalue weighted by Crippen LogP contribution is 2.27. The monoisotopic (exact) mass is 234 g/mol. The van der Waals surface area contributed by atoms with Crippen LogP contribution < -0.4 is 0 Å². The van der Waals surface area contributed by atoms with Crippen LogP contribution in [0.25, 0.3) is 21.7 Å². The quantitative estimate of drug-likeness (QED) is 0.679. The molecule has 1 N–H and O–H groups in total. The van der Waals surface area contributed by atoms with E-state index < -0.39 is 0 Å². The van der Waals surface area contributed by atoms with Crippen LogP contribution in [0.15, 0.2) is 35.7 Å². The number of H-pyrrole nitrogens is 1. The van der Waals surface area contributed by atoms with Crippen LogP contribution in [-0.2, 0) is 0 Å². The lowest BCUT2D eigenvalue weighted by Gasteiger charge is -1.88. The molecule has 15 heavy (non-hydrogen) atoms. The number of nitrogens with zero attached hydrogens (tertiary/aromatic N) is 1. The number of para-hydroxylation sites is 1. The van der Waals surface area contributed by atoms with E-state index in [9.17, 15) is 0 Å². The van der Waals surface area contributed by atoms with E-state index in [-0.39, 0.29) is 0 Å². The van der Waals surface area contributed by atoms with Gasteiger partial charge in [0.1, 0.15) is 11.3 Å². The van der Waals surface area contributed by atoms with Crippen LogP contribution in [0.4, 0.5) is 0 Å². The molecule has 0 aliphatic heterocycles. The summed E-state index contributed by atoms with van der Waals surface area (Å²) in [5, 5.41) is 2.72. The van der Waals surface area contributed by atoms with Crippen LogP contribution in [0.5, 0.6) is 0 Å². The first kappa shape index (κ1) is 8.95. The van der Waals surface area contributed by atoms with Crippen molar-refractivity contribution < 1.29 is 0 Å². The Morgan fingerprint density at radius 3 is 2.87 bits per heavy atom. The molecule has 0 radical (unpaired) electrons. The predicted molar refractivity (Wildman–Crippen MR) is 64.4 cm³/mol. The Labute approximate surface area is 95.5 Å². The lowest BCUT2D eigenvalue weighted by molar-refractivity contribution is 1.36. The van der Waals surface area contributed by atoms with Gasteiger partial charge in [-0.15, -0.1) is 11.3 Å². The van der Waals surface area contributed by atoms with E-state index >= 15 is 0 Å². The molecule has 4 heteroatoms. The van der Waals surface area contributed by atoms with Gasteiger partial charge in [-0.05, 0) is 23.6 Å². The minimum atomic E-state index is 0.687. The molecule has 0 aliphatic rings. The molecule has 0 unspecified atom stereocenters. The summed E-state index contributed by atoms with van der Waals surface area (Å²) in [6.07, 6.45) is 0. The molecule has 2 heterocycles. The maximum atomic E-state index is 6.05. The van der Waals surface area contributed by atoms with Gasteiger partial charge in [0.25, 0.3) is 0 Å². The first-order chi connectivity index (χ1) is 7.34. The molecular weight excluding hydrogens is 228 g/mol. The summed E-state index contributed by atoms with van der Waals surface area (Å²) in [6.45, 7) is 0. The molecule has 1 aromatic carbocycles. The van der Waals surface area contributed by atoms with Crippen molar-refractivity contribution >= 4 is 34.0 Å². The second-order valence-electron chi connectivity index (χ2n) is 3.20. The van der Waals surface area contributed by atoms with E-state index in [0.717, 1.165) is 21.7 Å². The minimum Gasteiger partial charge on any atom is -0.337 e. The van der Waals surface area contributed by atoms with Crippen molar-refractivity contribution in [3.63, 3.8) is 0 Å². The van der Waals surface area contributed by atoms with Crippen molar-refractivity contribution in [1.82, 2.24) is 9.97 Å². The summed E-state index contributed by atoms with van der Waals surface area (Å²) < 4.78 is 0. The third kappa shape index (κ3) is 1.44. The van der Waals surface area contributed by atoms with Gasteiger partial charge < -0.3 is 4.98 Å². The first-order valence-electron chi connectivity index (χ1n) is 4.53. The average Bonchev–Trinajstić information content (AvgIpc) is 2.86. The van der Waals surface area contributed by atoms with Crippen LogP contribution in [0.2, 0.25) is 5.02 Å². The lowest BCUT2D eigenvalue weighted by Crippen LogP contribution is -1.72. The first-order valence-corrected chi connectivity index (χ1v) is 5.78. The topological polar surface area (TPSA) is 28.7 Å². The molecule has 0 aliphatic carbocycles. The van der Waals surface area contributed by atoms with E-state index in [1.54, 1.807) is 11.3 Å². The lowest BCUT2D eigenvalue weighted by atomic mass is 10.3. The Hall–Kier alpha value is -1.32. The number of rotatable bonds is 1. The fourth-order valence-electron chi connectivity index (χ4n) is 1.53. The van der Waals surface area contributed by atoms with Gasteiger partial charge in [0.2, 0.25) is 0 Å². The van der Waals surface area contributed by atoms with Crippen LogP contribution in [-0.4, -0.2) is 9.97 Å². The zero-order valence-electron chi connectivity index (χ0n) is 7.70. The highest BCUT2D eigenvalue weighted by atomic mass is 35.5. The summed E-state index contributed by atoms with van der Waals surface area (Å²) in [7, 11) is 0. The van der Waals surface area contributed by atoms with Gasteiger partial charge in [-0.3, -0.25) is 0 Å². The number of hydrogen-bond donors (Lipinski definition) is 1. The van der Waals surface area contributed by atoms with E-state index in [4.69, 9.17) is 11.6 Å². The Morgan fingerprint density at radius 1 is 1.20 bits per heavy atom. The number of halogens is 1. The summed E-state index contributed by atoms with van der Waals surface area (Å²) in [6, 6.07) is 9.79. The molecule has 0 saturated heterocycles. The highest BCUT2D eigenvalue weighted by molar-refractivity contribution is 7.13. The molecule has 0 saturated carbocycles. The predicted octanol–water partition coefficient (Wildman–Crippen LogP) is 3.94. The maximum absolute atomic E-state index is 6.05. The molecule has 0 bridgehead atoms. The Kier molecular flexibility index (Phi) is 2.01. The average molecular weight is 235 g/mol. The van der Waals surface area contributed by atoms with Crippen LogP contribution in [0, 0.1) is 0 Å². The largest absolute Gasteiger partial charge is 0.337 e. The molecule has 3 rings (SSSR count). The van der Waals surface area contributed by atoms with E-state index in [1.165, 1.54) is 0 Å². The number of thiophene rings is 1. The van der Waals surface area contributed by atoms with E-state index in [2.05, 4.69) is 9.97 Å². The summed E-state index contributed by atoms with van der Waals surface area (Å²) in [5.74, 6) is 0.883. The summed E-state index contributed by atoms with van der Waals surface area (Å²) in [5.41, 5.74) is 1.81. The Morgan fingerprint density at radius 2 is 2.13 bits per heavy atom. The van der Waals surface area contributed by atoms with Gasteiger partial charge in [0.15, 0.2) is 0 Å². The molecular formula is C11H7ClN2S. The van der Waals surface area contributed by atoms with Gasteiger partial charge in [-0.2, -0.15) is 0 Å². The fourth-order valence-corrected chi connectivity index (χ4v) is 2.41. The summed E-state index contributed by atoms with van der Waals surface area (Å²) in [4.78, 5) is 8.86. The van der Waals surface area contributed by atoms with Crippen LogP contribution >= 0.6 is 22.9 Å². The molecule has 2 nitrogen and oxygen atoms in total. The number of aromatic amines is 1. The number of imidazole rings is 1. The molecule has 0 atom stereocenters. The molecule has 0 spiro atoms.